The summed E-state index contributed by atoms with van der Waals surface area (Å²) in [7, 11) is 0. The lowest BCUT2D eigenvalue weighted by Gasteiger charge is -2.34. The lowest BCUT2D eigenvalue weighted by molar-refractivity contribution is -0.101. The molecule has 4 atom stereocenters. The van der Waals surface area contributed by atoms with Gasteiger partial charge in [0.05, 0.1) is 24.9 Å². The summed E-state index contributed by atoms with van der Waals surface area (Å²) in [6, 6.07) is -0.534. The van der Waals surface area contributed by atoms with Gasteiger partial charge in [0.15, 0.2) is 0 Å². The van der Waals surface area contributed by atoms with Crippen molar-refractivity contribution in [3.05, 3.63) is 0 Å². The summed E-state index contributed by atoms with van der Waals surface area (Å²) in [5, 5.41) is 38.6. The summed E-state index contributed by atoms with van der Waals surface area (Å²) in [5.74, 6) is 0. The van der Waals surface area contributed by atoms with E-state index in [4.69, 9.17) is 15.3 Å². The summed E-state index contributed by atoms with van der Waals surface area (Å²) in [4.78, 5) is 0. The van der Waals surface area contributed by atoms with Gasteiger partial charge in [0.2, 0.25) is 0 Å². The summed E-state index contributed by atoms with van der Waals surface area (Å²) in [5.41, 5.74) is 0. The maximum Gasteiger partial charge on any atom is 0.109 e. The topological polar surface area (TPSA) is 93.0 Å². The van der Waals surface area contributed by atoms with E-state index in [0.717, 1.165) is 0 Å². The zero-order valence-corrected chi connectivity index (χ0v) is 6.01. The summed E-state index contributed by atoms with van der Waals surface area (Å²) in [6.07, 6.45) is -3.20. The maximum atomic E-state index is 9.18. The smallest absolute Gasteiger partial charge is 0.109 e. The number of aliphatic hydroxyl groups excluding tert-OH is 4. The Hall–Kier alpha value is -0.200. The molecule has 0 aromatic carbocycles. The molecule has 1 unspecified atom stereocenters. The molecule has 5 heteroatoms. The molecule has 1 fully saturated rings. The van der Waals surface area contributed by atoms with Crippen LogP contribution < -0.4 is 5.32 Å². The van der Waals surface area contributed by atoms with Crippen LogP contribution in [0.4, 0.5) is 0 Å². The lowest BCUT2D eigenvalue weighted by Crippen LogP contribution is -2.60. The van der Waals surface area contributed by atoms with Crippen LogP contribution in [0.2, 0.25) is 0 Å². The highest BCUT2D eigenvalue weighted by atomic mass is 16.4. The van der Waals surface area contributed by atoms with E-state index < -0.39 is 24.4 Å². The number of β-amino-alcohol motifs (C(OH)–C–C–N with tert-alkyl or cyclic N) is 1. The molecule has 5 N–H and O–H groups in total. The summed E-state index contributed by atoms with van der Waals surface area (Å²) < 4.78 is 0. The Labute approximate surface area is 64.3 Å². The predicted octanol–water partition coefficient (Wildman–Crippen LogP) is -2.97. The minimum absolute atomic E-state index is 0.198. The number of nitrogens with one attached hydrogen (secondary N) is 1. The molecule has 1 rings (SSSR count). The van der Waals surface area contributed by atoms with E-state index in [2.05, 4.69) is 5.32 Å². The molecule has 11 heavy (non-hydrogen) atoms. The second kappa shape index (κ2) is 3.46. The van der Waals surface area contributed by atoms with Crippen molar-refractivity contribution in [1.29, 1.82) is 0 Å². The molecular formula is C6H13NO4. The van der Waals surface area contributed by atoms with Crippen molar-refractivity contribution in [3.8, 4) is 0 Å². The molecule has 1 saturated heterocycles. The third-order valence-corrected chi connectivity index (χ3v) is 1.94. The van der Waals surface area contributed by atoms with E-state index in [1.165, 1.54) is 0 Å². The predicted molar refractivity (Wildman–Crippen MR) is 36.9 cm³/mol. The van der Waals surface area contributed by atoms with Gasteiger partial charge in [0.25, 0.3) is 0 Å². The molecule has 0 aromatic rings. The monoisotopic (exact) mass is 163 g/mol. The van der Waals surface area contributed by atoms with Crippen molar-refractivity contribution in [2.24, 2.45) is 0 Å². The normalized spacial score (nSPS) is 45.8. The zero-order valence-electron chi connectivity index (χ0n) is 6.01. The number of piperidine rings is 1. The Morgan fingerprint density at radius 3 is 2.36 bits per heavy atom. The Balaban J connectivity index is 2.52. The highest BCUT2D eigenvalue weighted by molar-refractivity contribution is 4.91. The van der Waals surface area contributed by atoms with Crippen LogP contribution in [0.25, 0.3) is 0 Å². The number of aliphatic hydroxyl groups is 4. The molecule has 0 saturated carbocycles. The fraction of sp³-hybridized carbons (Fsp3) is 1.00. The van der Waals surface area contributed by atoms with Crippen LogP contribution in [0.3, 0.4) is 0 Å². The van der Waals surface area contributed by atoms with Gasteiger partial charge in [-0.25, -0.2) is 0 Å². The van der Waals surface area contributed by atoms with E-state index in [-0.39, 0.29) is 13.2 Å². The van der Waals surface area contributed by atoms with E-state index in [9.17, 15) is 5.11 Å². The van der Waals surface area contributed by atoms with E-state index in [0.29, 0.717) is 0 Å². The van der Waals surface area contributed by atoms with Crippen molar-refractivity contribution >= 4 is 0 Å². The summed E-state index contributed by atoms with van der Waals surface area (Å²) >= 11 is 0. The minimum Gasteiger partial charge on any atom is -0.395 e. The van der Waals surface area contributed by atoms with Crippen LogP contribution in [0.1, 0.15) is 0 Å². The van der Waals surface area contributed by atoms with Gasteiger partial charge in [-0.1, -0.05) is 0 Å². The lowest BCUT2D eigenvalue weighted by atomic mass is 9.97. The molecule has 0 aliphatic carbocycles. The van der Waals surface area contributed by atoms with Crippen molar-refractivity contribution in [2.45, 2.75) is 24.4 Å². The average molecular weight is 163 g/mol. The van der Waals surface area contributed by atoms with Crippen molar-refractivity contribution < 1.29 is 20.4 Å². The van der Waals surface area contributed by atoms with Gasteiger partial charge in [0.1, 0.15) is 6.10 Å². The number of rotatable bonds is 1. The Kier molecular flexibility index (Phi) is 2.80. The first kappa shape index (κ1) is 8.89. The summed E-state index contributed by atoms with van der Waals surface area (Å²) in [6.45, 7) is -0.0472. The minimum atomic E-state index is -1.16. The molecule has 1 aliphatic rings. The van der Waals surface area contributed by atoms with Gasteiger partial charge >= 0.3 is 0 Å². The quantitative estimate of drug-likeness (QED) is 0.285. The second-order valence-corrected chi connectivity index (χ2v) is 2.75. The van der Waals surface area contributed by atoms with Crippen LogP contribution in [-0.2, 0) is 0 Å². The highest BCUT2D eigenvalue weighted by Crippen LogP contribution is 2.09. The maximum absolute atomic E-state index is 9.18. The molecule has 1 aliphatic heterocycles. The van der Waals surface area contributed by atoms with E-state index >= 15 is 0 Å². The molecule has 1 heterocycles. The molecule has 0 spiro atoms. The number of hydrogen-bond donors (Lipinski definition) is 5. The standard InChI is InChI=1S/C6H13NO4/c8-2-3-5(10)6(11)4(9)1-7-3/h3-11H,1-2H2/t3?,4-,5+,6-/m0/s1. The third kappa shape index (κ3) is 1.69. The van der Waals surface area contributed by atoms with Gasteiger partial charge < -0.3 is 25.7 Å². The van der Waals surface area contributed by atoms with Crippen LogP contribution in [-0.4, -0.2) is 57.9 Å². The van der Waals surface area contributed by atoms with Gasteiger partial charge in [0, 0.05) is 6.54 Å². The Morgan fingerprint density at radius 1 is 1.18 bits per heavy atom. The van der Waals surface area contributed by atoms with Gasteiger partial charge in [-0.15, -0.1) is 0 Å². The molecule has 0 radical (unpaired) electrons. The van der Waals surface area contributed by atoms with Gasteiger partial charge in [-0.3, -0.25) is 0 Å². The highest BCUT2D eigenvalue weighted by Gasteiger charge is 2.35. The Bertz CT molecular complexity index is 130. The number of hydrogen-bond acceptors (Lipinski definition) is 5. The molecular weight excluding hydrogens is 150 g/mol. The van der Waals surface area contributed by atoms with Crippen LogP contribution in [0.5, 0.6) is 0 Å². The fourth-order valence-electron chi connectivity index (χ4n) is 1.15. The first-order valence-corrected chi connectivity index (χ1v) is 3.55. The second-order valence-electron chi connectivity index (χ2n) is 2.75. The van der Waals surface area contributed by atoms with E-state index in [1.807, 2.05) is 0 Å². The molecule has 66 valence electrons. The zero-order chi connectivity index (χ0) is 8.43. The van der Waals surface area contributed by atoms with Crippen molar-refractivity contribution in [1.82, 2.24) is 5.32 Å². The SMILES string of the molecule is OCC1NC[C@H](O)[C@H](O)[C@@H]1O. The average Bonchev–Trinajstić information content (AvgIpc) is 2.01. The molecule has 0 amide bonds. The van der Waals surface area contributed by atoms with Gasteiger partial charge in [-0.05, 0) is 0 Å². The largest absolute Gasteiger partial charge is 0.395 e. The van der Waals surface area contributed by atoms with Crippen LogP contribution in [0, 0.1) is 0 Å². The first-order chi connectivity index (χ1) is 5.16. The van der Waals surface area contributed by atoms with Gasteiger partial charge in [-0.2, -0.15) is 0 Å². The van der Waals surface area contributed by atoms with Crippen LogP contribution >= 0.6 is 0 Å². The Morgan fingerprint density at radius 2 is 1.82 bits per heavy atom. The molecule has 0 aromatic heterocycles. The molecule has 5 nitrogen and oxygen atoms in total. The molecule has 0 bridgehead atoms. The van der Waals surface area contributed by atoms with E-state index in [1.54, 1.807) is 0 Å². The van der Waals surface area contributed by atoms with Crippen molar-refractivity contribution in [2.75, 3.05) is 13.2 Å². The third-order valence-electron chi connectivity index (χ3n) is 1.94. The van der Waals surface area contributed by atoms with Crippen LogP contribution in [0.15, 0.2) is 0 Å². The first-order valence-electron chi connectivity index (χ1n) is 3.55. The van der Waals surface area contributed by atoms with Crippen molar-refractivity contribution in [3.63, 3.8) is 0 Å². The fourth-order valence-corrected chi connectivity index (χ4v) is 1.15.